The van der Waals surface area contributed by atoms with Crippen LogP contribution in [-0.2, 0) is 28.4 Å². The van der Waals surface area contributed by atoms with Crippen molar-refractivity contribution in [1.29, 1.82) is 0 Å². The number of hydrogen-bond acceptors (Lipinski definition) is 6. The van der Waals surface area contributed by atoms with Crippen LogP contribution in [0.25, 0.3) is 0 Å². The molecule has 0 spiro atoms. The highest BCUT2D eigenvalue weighted by Crippen LogP contribution is 2.56. The molecule has 2 bridgehead atoms. The quantitative estimate of drug-likeness (QED) is 0.350. The van der Waals surface area contributed by atoms with Crippen LogP contribution in [0.3, 0.4) is 0 Å². The third kappa shape index (κ3) is 4.97. The maximum Gasteiger partial charge on any atom is 0.0566 e. The van der Waals surface area contributed by atoms with Crippen molar-refractivity contribution in [3.8, 4) is 0 Å². The van der Waals surface area contributed by atoms with Crippen LogP contribution in [0.1, 0.15) is 52.9 Å². The van der Waals surface area contributed by atoms with E-state index in [-0.39, 0.29) is 16.2 Å². The fourth-order valence-electron chi connectivity index (χ4n) is 7.03. The molecule has 2 aliphatic carbocycles. The molecular weight excluding hydrogens is 432 g/mol. The van der Waals surface area contributed by atoms with Crippen molar-refractivity contribution in [2.24, 2.45) is 45.8 Å². The smallest absolute Gasteiger partial charge is 0.0566 e. The van der Waals surface area contributed by atoms with Gasteiger partial charge in [-0.15, -0.1) is 0 Å². The van der Waals surface area contributed by atoms with Crippen LogP contribution in [0, 0.1) is 45.8 Å². The van der Waals surface area contributed by atoms with Crippen molar-refractivity contribution in [3.05, 3.63) is 0 Å². The van der Waals surface area contributed by atoms with E-state index in [4.69, 9.17) is 28.4 Å². The van der Waals surface area contributed by atoms with Crippen LogP contribution in [0.4, 0.5) is 0 Å². The van der Waals surface area contributed by atoms with Gasteiger partial charge < -0.3 is 28.4 Å². The number of hydrogen-bond donors (Lipinski definition) is 0. The van der Waals surface area contributed by atoms with Crippen LogP contribution in [0.5, 0.6) is 0 Å². The second-order valence-corrected chi connectivity index (χ2v) is 12.6. The molecule has 6 heteroatoms. The lowest BCUT2D eigenvalue weighted by atomic mass is 9.74. The Bertz CT molecular complexity index is 639. The predicted molar refractivity (Wildman–Crippen MR) is 130 cm³/mol. The Morgan fingerprint density at radius 2 is 1.03 bits per heavy atom. The molecule has 3 heterocycles. The van der Waals surface area contributed by atoms with E-state index < -0.39 is 0 Å². The van der Waals surface area contributed by atoms with E-state index in [1.807, 2.05) is 0 Å². The lowest BCUT2D eigenvalue weighted by Crippen LogP contribution is -2.47. The molecule has 5 atom stereocenters. The van der Waals surface area contributed by atoms with Gasteiger partial charge in [0.15, 0.2) is 0 Å². The first-order valence-electron chi connectivity index (χ1n) is 14.0. The van der Waals surface area contributed by atoms with E-state index in [1.54, 1.807) is 0 Å². The van der Waals surface area contributed by atoms with Crippen LogP contribution in [0.2, 0.25) is 0 Å². The zero-order valence-corrected chi connectivity index (χ0v) is 21.9. The first-order chi connectivity index (χ1) is 16.6. The molecule has 0 aromatic heterocycles. The first kappa shape index (κ1) is 25.4. The Morgan fingerprint density at radius 1 is 0.588 bits per heavy atom. The molecule has 3 saturated heterocycles. The van der Waals surface area contributed by atoms with Crippen molar-refractivity contribution in [2.75, 3.05) is 79.3 Å². The average Bonchev–Trinajstić information content (AvgIpc) is 3.32. The highest BCUT2D eigenvalue weighted by molar-refractivity contribution is 5.01. The molecular formula is C28H48O6. The zero-order valence-electron chi connectivity index (χ0n) is 21.9. The molecule has 0 amide bonds. The maximum absolute atomic E-state index is 6.44. The average molecular weight is 481 g/mol. The molecule has 0 radical (unpaired) electrons. The molecule has 0 aromatic rings. The zero-order chi connectivity index (χ0) is 23.7. The molecule has 0 aromatic carbocycles. The molecule has 0 N–H and O–H groups in total. The monoisotopic (exact) mass is 480 g/mol. The first-order valence-corrected chi connectivity index (χ1v) is 14.0. The summed E-state index contributed by atoms with van der Waals surface area (Å²) in [6, 6.07) is 0. The normalized spacial score (nSPS) is 36.6. The van der Waals surface area contributed by atoms with E-state index in [2.05, 4.69) is 20.8 Å². The van der Waals surface area contributed by atoms with Crippen LogP contribution < -0.4 is 0 Å². The summed E-state index contributed by atoms with van der Waals surface area (Å²) < 4.78 is 35.7. The van der Waals surface area contributed by atoms with Crippen LogP contribution >= 0.6 is 0 Å². The van der Waals surface area contributed by atoms with Crippen LogP contribution in [0.15, 0.2) is 0 Å². The van der Waals surface area contributed by atoms with Gasteiger partial charge in [0, 0.05) is 22.9 Å². The minimum Gasteiger partial charge on any atom is -0.380 e. The topological polar surface area (TPSA) is 55.4 Å². The van der Waals surface area contributed by atoms with Crippen molar-refractivity contribution in [3.63, 3.8) is 0 Å². The van der Waals surface area contributed by atoms with Gasteiger partial charge in [0.1, 0.15) is 0 Å². The SMILES string of the molecule is CCC1(COCC2CC3CC2C(COCC2(CC)COC2)C3COCC2(CC)COC2)COC1. The highest BCUT2D eigenvalue weighted by atomic mass is 16.5. The summed E-state index contributed by atoms with van der Waals surface area (Å²) in [5.74, 6) is 3.33. The summed E-state index contributed by atoms with van der Waals surface area (Å²) in [7, 11) is 0. The molecule has 34 heavy (non-hydrogen) atoms. The van der Waals surface area contributed by atoms with Crippen molar-refractivity contribution < 1.29 is 28.4 Å². The third-order valence-corrected chi connectivity index (χ3v) is 10.4. The summed E-state index contributed by atoms with van der Waals surface area (Å²) >= 11 is 0. The van der Waals surface area contributed by atoms with E-state index in [1.165, 1.54) is 12.8 Å². The van der Waals surface area contributed by atoms with Crippen LogP contribution in [-0.4, -0.2) is 79.3 Å². The van der Waals surface area contributed by atoms with Gasteiger partial charge in [0.2, 0.25) is 0 Å². The second kappa shape index (κ2) is 10.6. The minimum absolute atomic E-state index is 0.253. The fourth-order valence-corrected chi connectivity index (χ4v) is 7.03. The minimum atomic E-state index is 0.253. The van der Waals surface area contributed by atoms with Gasteiger partial charge in [-0.05, 0) is 61.7 Å². The Kier molecular flexibility index (Phi) is 7.94. The van der Waals surface area contributed by atoms with Gasteiger partial charge in [-0.3, -0.25) is 0 Å². The molecule has 5 fully saturated rings. The van der Waals surface area contributed by atoms with Crippen molar-refractivity contribution in [1.82, 2.24) is 0 Å². The largest absolute Gasteiger partial charge is 0.380 e. The molecule has 6 nitrogen and oxygen atoms in total. The molecule has 2 saturated carbocycles. The second-order valence-electron chi connectivity index (χ2n) is 12.6. The Labute approximate surface area is 206 Å². The highest BCUT2D eigenvalue weighted by Gasteiger charge is 2.53. The van der Waals surface area contributed by atoms with Crippen molar-refractivity contribution in [2.45, 2.75) is 52.9 Å². The number of rotatable bonds is 15. The predicted octanol–water partition coefficient (Wildman–Crippen LogP) is 4.20. The van der Waals surface area contributed by atoms with E-state index in [0.717, 1.165) is 104 Å². The summed E-state index contributed by atoms with van der Waals surface area (Å²) in [5, 5.41) is 0. The molecule has 5 rings (SSSR count). The standard InChI is InChI=1S/C28H48O6/c1-4-26(15-32-16-26)12-29-9-22-7-21-8-23(22)25(11-31-14-28(6-3)19-34-20-28)24(21)10-30-13-27(5-2)17-33-18-27/h21-25H,4-20H2,1-3H3. The van der Waals surface area contributed by atoms with Gasteiger partial charge >= 0.3 is 0 Å². The maximum atomic E-state index is 6.44. The lowest BCUT2D eigenvalue weighted by molar-refractivity contribution is -0.165. The molecule has 196 valence electrons. The van der Waals surface area contributed by atoms with E-state index >= 15 is 0 Å². The summed E-state index contributed by atoms with van der Waals surface area (Å²) in [5.41, 5.74) is 0.789. The molecule has 5 unspecified atom stereocenters. The fraction of sp³-hybridized carbons (Fsp3) is 1.00. The van der Waals surface area contributed by atoms with Gasteiger partial charge in [-0.1, -0.05) is 20.8 Å². The number of ether oxygens (including phenoxy) is 6. The van der Waals surface area contributed by atoms with E-state index in [9.17, 15) is 0 Å². The lowest BCUT2D eigenvalue weighted by Gasteiger charge is -2.43. The number of fused-ring (bicyclic) bond motifs is 2. The van der Waals surface area contributed by atoms with Gasteiger partial charge in [0.05, 0.1) is 72.7 Å². The van der Waals surface area contributed by atoms with Gasteiger partial charge in [0.25, 0.3) is 0 Å². The Morgan fingerprint density at radius 3 is 1.44 bits per heavy atom. The van der Waals surface area contributed by atoms with E-state index in [0.29, 0.717) is 23.7 Å². The molecule has 3 aliphatic heterocycles. The summed E-state index contributed by atoms with van der Waals surface area (Å²) in [6.45, 7) is 17.1. The Hall–Kier alpha value is -0.240. The Balaban J connectivity index is 1.14. The summed E-state index contributed by atoms with van der Waals surface area (Å²) in [6.07, 6.45) is 6.03. The van der Waals surface area contributed by atoms with Gasteiger partial charge in [-0.2, -0.15) is 0 Å². The third-order valence-electron chi connectivity index (χ3n) is 10.4. The summed E-state index contributed by atoms with van der Waals surface area (Å²) in [4.78, 5) is 0. The van der Waals surface area contributed by atoms with Crippen molar-refractivity contribution >= 4 is 0 Å². The van der Waals surface area contributed by atoms with Gasteiger partial charge in [-0.25, -0.2) is 0 Å². The molecule has 5 aliphatic rings.